The van der Waals surface area contributed by atoms with Crippen LogP contribution in [0.5, 0.6) is 5.75 Å². The second-order valence-electron chi connectivity index (χ2n) is 9.51. The first-order chi connectivity index (χ1) is 18.9. The van der Waals surface area contributed by atoms with Gasteiger partial charge in [0.05, 0.1) is 38.5 Å². The largest absolute Gasteiger partial charge is 0.497 e. The van der Waals surface area contributed by atoms with Crippen LogP contribution in [0.4, 0.5) is 5.69 Å². The van der Waals surface area contributed by atoms with E-state index in [1.165, 1.54) is 20.6 Å². The summed E-state index contributed by atoms with van der Waals surface area (Å²) in [5.74, 6) is 0.0862. The Morgan fingerprint density at radius 2 is 1.28 bits per heavy atom. The fourth-order valence-electron chi connectivity index (χ4n) is 4.71. The van der Waals surface area contributed by atoms with E-state index < -0.39 is 0 Å². The number of carbonyl (C=O) groups excluding carboxylic acids is 2. The highest BCUT2D eigenvalue weighted by Gasteiger charge is 2.27. The minimum Gasteiger partial charge on any atom is -0.497 e. The Bertz CT molecular complexity index is 1220. The van der Waals surface area contributed by atoms with Crippen LogP contribution in [0.15, 0.2) is 79.4 Å². The third-order valence-electron chi connectivity index (χ3n) is 7.00. The highest BCUT2D eigenvalue weighted by atomic mass is 16.5. The molecule has 3 rings (SSSR count). The van der Waals surface area contributed by atoms with Crippen LogP contribution < -0.4 is 10.1 Å². The minimum absolute atomic E-state index is 0.0388. The first-order valence-electron chi connectivity index (χ1n) is 13.4. The fraction of sp³-hybridized carbons (Fsp3) is 0.333. The number of carbonyl (C=O) groups is 2. The number of ether oxygens (including phenoxy) is 3. The van der Waals surface area contributed by atoms with Crippen molar-refractivity contribution in [2.45, 2.75) is 45.1 Å². The maximum Gasteiger partial charge on any atom is 0.337 e. The number of nitrogens with one attached hydrogen (secondary N) is 1. The van der Waals surface area contributed by atoms with Crippen molar-refractivity contribution < 1.29 is 23.8 Å². The molecule has 0 bridgehead atoms. The number of anilines is 1. The second kappa shape index (κ2) is 14.8. The first-order valence-corrected chi connectivity index (χ1v) is 13.4. The molecule has 1 N–H and O–H groups in total. The summed E-state index contributed by atoms with van der Waals surface area (Å²) in [6, 6.07) is 22.7. The Labute approximate surface area is 232 Å². The van der Waals surface area contributed by atoms with Gasteiger partial charge in [-0.2, -0.15) is 0 Å². The van der Waals surface area contributed by atoms with Gasteiger partial charge in [-0.3, -0.25) is 0 Å². The lowest BCUT2D eigenvalue weighted by Crippen LogP contribution is -2.22. The predicted molar refractivity (Wildman–Crippen MR) is 156 cm³/mol. The van der Waals surface area contributed by atoms with Crippen LogP contribution in [0.2, 0.25) is 0 Å². The molecule has 0 radical (unpaired) electrons. The number of methoxy groups -OCH3 is 3. The maximum atomic E-state index is 12.1. The van der Waals surface area contributed by atoms with Crippen molar-refractivity contribution in [3.05, 3.63) is 102 Å². The van der Waals surface area contributed by atoms with E-state index in [-0.39, 0.29) is 23.9 Å². The molecule has 0 saturated heterocycles. The Kier molecular flexibility index (Phi) is 11.2. The molecule has 0 amide bonds. The normalized spacial score (nSPS) is 12.2. The van der Waals surface area contributed by atoms with Gasteiger partial charge in [0, 0.05) is 11.6 Å². The van der Waals surface area contributed by atoms with E-state index >= 15 is 0 Å². The molecule has 2 atom stereocenters. The zero-order valence-electron chi connectivity index (χ0n) is 23.4. The molecule has 39 heavy (non-hydrogen) atoms. The molecule has 3 aromatic rings. The summed E-state index contributed by atoms with van der Waals surface area (Å²) in [4.78, 5) is 24.1. The second-order valence-corrected chi connectivity index (χ2v) is 9.51. The van der Waals surface area contributed by atoms with Crippen LogP contribution in [0.25, 0.3) is 5.57 Å². The van der Waals surface area contributed by atoms with Crippen LogP contribution >= 0.6 is 0 Å². The molecule has 3 aromatic carbocycles. The third kappa shape index (κ3) is 7.96. The number of hydrogen-bond acceptors (Lipinski definition) is 6. The first kappa shape index (κ1) is 29.5. The number of unbranched alkanes of at least 4 members (excludes halogenated alkanes) is 3. The smallest absolute Gasteiger partial charge is 0.337 e. The Morgan fingerprint density at radius 3 is 1.79 bits per heavy atom. The summed E-state index contributed by atoms with van der Waals surface area (Å²) in [6.07, 6.45) is 5.45. The van der Waals surface area contributed by atoms with Crippen molar-refractivity contribution in [3.8, 4) is 5.75 Å². The average molecular weight is 530 g/mol. The number of benzene rings is 3. The molecule has 206 valence electrons. The monoisotopic (exact) mass is 529 g/mol. The van der Waals surface area contributed by atoms with Crippen LogP contribution in [0.1, 0.15) is 76.9 Å². The van der Waals surface area contributed by atoms with Crippen LogP contribution in [-0.2, 0) is 9.47 Å². The summed E-state index contributed by atoms with van der Waals surface area (Å²) in [5, 5.41) is 3.73. The van der Waals surface area contributed by atoms with Gasteiger partial charge in [0.2, 0.25) is 0 Å². The molecule has 0 aliphatic carbocycles. The predicted octanol–water partition coefficient (Wildman–Crippen LogP) is 7.72. The van der Waals surface area contributed by atoms with Gasteiger partial charge >= 0.3 is 11.9 Å². The highest BCUT2D eigenvalue weighted by molar-refractivity contribution is 5.90. The van der Waals surface area contributed by atoms with E-state index in [1.807, 2.05) is 48.5 Å². The molecule has 0 spiro atoms. The lowest BCUT2D eigenvalue weighted by Gasteiger charge is -2.32. The summed E-state index contributed by atoms with van der Waals surface area (Å²) >= 11 is 0. The highest BCUT2D eigenvalue weighted by Crippen LogP contribution is 2.39. The zero-order chi connectivity index (χ0) is 28.2. The van der Waals surface area contributed by atoms with Crippen molar-refractivity contribution in [2.24, 2.45) is 5.92 Å². The van der Waals surface area contributed by atoms with Gasteiger partial charge in [-0.15, -0.1) is 0 Å². The van der Waals surface area contributed by atoms with E-state index in [2.05, 4.69) is 18.8 Å². The third-order valence-corrected chi connectivity index (χ3v) is 7.00. The number of rotatable bonds is 14. The maximum absolute atomic E-state index is 12.1. The van der Waals surface area contributed by atoms with Gasteiger partial charge < -0.3 is 19.5 Å². The summed E-state index contributed by atoms with van der Waals surface area (Å²) in [5.41, 5.74) is 4.93. The van der Waals surface area contributed by atoms with E-state index in [1.54, 1.807) is 31.4 Å². The van der Waals surface area contributed by atoms with Crippen LogP contribution in [-0.4, -0.2) is 33.3 Å². The Balaban J connectivity index is 2.01. The molecule has 0 aromatic heterocycles. The quantitative estimate of drug-likeness (QED) is 0.170. The van der Waals surface area contributed by atoms with Gasteiger partial charge in [-0.1, -0.05) is 63.5 Å². The summed E-state index contributed by atoms with van der Waals surface area (Å²) in [6.45, 7) is 6.75. The van der Waals surface area contributed by atoms with E-state index in [9.17, 15) is 9.59 Å². The molecule has 0 heterocycles. The fourth-order valence-corrected chi connectivity index (χ4v) is 4.71. The SMILES string of the molecule is C=C(c1ccc(C(=O)OC)cc1)[C@@H](CCCCCC)[C@@H](Nc1ccc(OC)cc1)c1ccc(C(=O)OC)cc1. The van der Waals surface area contributed by atoms with Crippen molar-refractivity contribution in [2.75, 3.05) is 26.6 Å². The number of hydrogen-bond donors (Lipinski definition) is 1. The standard InChI is InChI=1S/C33H39NO5/c1-6-7-8-9-10-30(23(2)24-11-15-26(16-12-24)32(35)38-4)31(34-28-19-21-29(37-3)22-20-28)25-13-17-27(18-14-25)33(36)39-5/h11-22,30-31,34H,2,6-10H2,1,3-5H3/t30-,31+/m1/s1. The van der Waals surface area contributed by atoms with Crippen molar-refractivity contribution >= 4 is 23.2 Å². The van der Waals surface area contributed by atoms with Gasteiger partial charge in [0.15, 0.2) is 0 Å². The molecule has 6 heteroatoms. The molecule has 0 aliphatic rings. The summed E-state index contributed by atoms with van der Waals surface area (Å²) in [7, 11) is 4.41. The lowest BCUT2D eigenvalue weighted by molar-refractivity contribution is 0.0592. The van der Waals surface area contributed by atoms with Crippen LogP contribution in [0, 0.1) is 5.92 Å². The number of esters is 2. The lowest BCUT2D eigenvalue weighted by atomic mass is 9.80. The van der Waals surface area contributed by atoms with E-state index in [4.69, 9.17) is 14.2 Å². The van der Waals surface area contributed by atoms with Gasteiger partial charge in [-0.05, 0) is 71.7 Å². The molecular formula is C33H39NO5. The molecule has 0 aliphatic heterocycles. The molecule has 0 fully saturated rings. The van der Waals surface area contributed by atoms with Crippen LogP contribution in [0.3, 0.4) is 0 Å². The van der Waals surface area contributed by atoms with Gasteiger partial charge in [-0.25, -0.2) is 9.59 Å². The van der Waals surface area contributed by atoms with E-state index in [0.717, 1.165) is 53.8 Å². The zero-order valence-corrected chi connectivity index (χ0v) is 23.4. The van der Waals surface area contributed by atoms with Crippen molar-refractivity contribution in [1.82, 2.24) is 0 Å². The van der Waals surface area contributed by atoms with Gasteiger partial charge in [0.25, 0.3) is 0 Å². The van der Waals surface area contributed by atoms with E-state index in [0.29, 0.717) is 11.1 Å². The molecule has 0 unspecified atom stereocenters. The van der Waals surface area contributed by atoms with Gasteiger partial charge in [0.1, 0.15) is 5.75 Å². The molecule has 6 nitrogen and oxygen atoms in total. The molecule has 0 saturated carbocycles. The van der Waals surface area contributed by atoms with Crippen molar-refractivity contribution in [3.63, 3.8) is 0 Å². The summed E-state index contributed by atoms with van der Waals surface area (Å²) < 4.78 is 15.1. The Hall–Kier alpha value is -4.06. The average Bonchev–Trinajstić information content (AvgIpc) is 2.99. The Morgan fingerprint density at radius 1 is 0.744 bits per heavy atom. The molecular weight excluding hydrogens is 490 g/mol. The minimum atomic E-state index is -0.368. The topological polar surface area (TPSA) is 73.9 Å². The van der Waals surface area contributed by atoms with Crippen molar-refractivity contribution in [1.29, 1.82) is 0 Å².